The predicted molar refractivity (Wildman–Crippen MR) is 322 cm³/mol. The van der Waals surface area contributed by atoms with Crippen LogP contribution in [-0.4, -0.2) is 90.0 Å². The van der Waals surface area contributed by atoms with Gasteiger partial charge in [-0.15, -0.1) is 0 Å². The van der Waals surface area contributed by atoms with Crippen molar-refractivity contribution in [3.63, 3.8) is 0 Å². The Hall–Kier alpha value is -2.89. The molecule has 4 heterocycles. The fourth-order valence-electron chi connectivity index (χ4n) is 14.8. The SMILES string of the molecule is CC(C)[Si](OC[C@H]1O[C@@H](n2cc(C#CC#Cc3cn([C@H]4C[C@H](O[Si](C(C)C)(C(C)C)C(C)C)[C@@H](CO[Si](C(C)C)(C(C)C)C(C)C)O4)c(=O)nc3N)c(N)nc2=O)C[C@@H]1O[Si](C(C)C)(C(C)C)C(C)C)(C(C)C)C(C)C. The molecular formula is C58H104N6O8Si4. The molecule has 2 aliphatic rings. The Morgan fingerprint density at radius 2 is 0.724 bits per heavy atom. The van der Waals surface area contributed by atoms with E-state index in [9.17, 15) is 9.59 Å². The van der Waals surface area contributed by atoms with Crippen LogP contribution in [0.1, 0.15) is 203 Å². The zero-order valence-electron chi connectivity index (χ0n) is 51.6. The summed E-state index contributed by atoms with van der Waals surface area (Å²) in [5.41, 5.74) is 16.7. The summed E-state index contributed by atoms with van der Waals surface area (Å²) in [6.45, 7) is 55.4. The highest BCUT2D eigenvalue weighted by molar-refractivity contribution is 6.79. The van der Waals surface area contributed by atoms with E-state index in [1.807, 2.05) is 0 Å². The van der Waals surface area contributed by atoms with Crippen LogP contribution in [0, 0.1) is 23.7 Å². The molecule has 2 fully saturated rings. The number of aromatic nitrogens is 4. The Balaban J connectivity index is 1.73. The van der Waals surface area contributed by atoms with Crippen molar-refractivity contribution < 1.29 is 27.2 Å². The fourth-order valence-corrected chi connectivity index (χ4v) is 36.9. The van der Waals surface area contributed by atoms with Crippen LogP contribution < -0.4 is 22.8 Å². The third-order valence-corrected chi connectivity index (χ3v) is 42.3. The predicted octanol–water partition coefficient (Wildman–Crippen LogP) is 13.4. The van der Waals surface area contributed by atoms with E-state index in [1.165, 1.54) is 9.13 Å². The molecule has 0 amide bonds. The highest BCUT2D eigenvalue weighted by Gasteiger charge is 2.54. The topological polar surface area (TPSA) is 177 Å². The number of nitrogens with two attached hydrogens (primary N) is 2. The van der Waals surface area contributed by atoms with Crippen molar-refractivity contribution in [1.29, 1.82) is 0 Å². The highest BCUT2D eigenvalue weighted by atomic mass is 28.4. The van der Waals surface area contributed by atoms with Crippen molar-refractivity contribution in [2.45, 2.75) is 282 Å². The number of anilines is 2. The number of ether oxygens (including phenoxy) is 2. The van der Waals surface area contributed by atoms with Gasteiger partial charge in [0.1, 0.15) is 36.3 Å². The molecule has 6 atom stereocenters. The summed E-state index contributed by atoms with van der Waals surface area (Å²) in [6.07, 6.45) is 1.27. The summed E-state index contributed by atoms with van der Waals surface area (Å²) in [5, 5.41) is 0. The van der Waals surface area contributed by atoms with Gasteiger partial charge < -0.3 is 38.6 Å². The molecule has 2 aromatic rings. The molecule has 2 aliphatic heterocycles. The Kier molecular flexibility index (Phi) is 23.0. The minimum atomic E-state index is -2.39. The molecule has 430 valence electrons. The van der Waals surface area contributed by atoms with Crippen LogP contribution in [0.3, 0.4) is 0 Å². The van der Waals surface area contributed by atoms with Gasteiger partial charge in [-0.2, -0.15) is 9.97 Å². The molecule has 4 N–H and O–H groups in total. The first-order valence-electron chi connectivity index (χ1n) is 28.9. The van der Waals surface area contributed by atoms with Crippen molar-refractivity contribution in [1.82, 2.24) is 19.1 Å². The highest BCUT2D eigenvalue weighted by Crippen LogP contribution is 2.49. The first-order chi connectivity index (χ1) is 35.2. The lowest BCUT2D eigenvalue weighted by Gasteiger charge is -2.45. The van der Waals surface area contributed by atoms with E-state index < -0.39 is 69.3 Å². The van der Waals surface area contributed by atoms with E-state index in [0.29, 0.717) is 104 Å². The van der Waals surface area contributed by atoms with Crippen LogP contribution in [0.25, 0.3) is 0 Å². The summed E-state index contributed by atoms with van der Waals surface area (Å²) in [6, 6.07) is 0. The van der Waals surface area contributed by atoms with Crippen LogP contribution in [0.5, 0.6) is 0 Å². The maximum absolute atomic E-state index is 13.8. The number of hydrogen-bond donors (Lipinski definition) is 2. The first kappa shape index (κ1) is 65.6. The average molecular weight is 1130 g/mol. The Morgan fingerprint density at radius 3 is 0.961 bits per heavy atom. The van der Waals surface area contributed by atoms with Crippen molar-refractivity contribution >= 4 is 44.9 Å². The van der Waals surface area contributed by atoms with E-state index in [0.717, 1.165) is 0 Å². The largest absolute Gasteiger partial charge is 0.413 e. The first-order valence-corrected chi connectivity index (χ1v) is 37.5. The van der Waals surface area contributed by atoms with E-state index in [2.05, 4.69) is 200 Å². The van der Waals surface area contributed by atoms with Crippen molar-refractivity contribution in [3.05, 3.63) is 44.5 Å². The summed E-state index contributed by atoms with van der Waals surface area (Å²) in [7, 11) is -9.32. The maximum atomic E-state index is 13.8. The zero-order chi connectivity index (χ0) is 57.7. The standard InChI is InChI=1S/C58H104N6O8Si4/c1-35(2)73(36(3)4,37(5)6)67-33-51-49(71-75(41(13)14,42(15)16)43(17)18)29-53(69-51)63-31-47(55(59)61-57(63)65)27-25-26-28-48-32-64(58(66)62-56(48)60)54-30-50(72-76(44(19)20,45(21)22)46(23)24)52(70-54)34-68-74(38(7)8,39(9)10)40(11)12/h31-32,35-46,49-54H,29-30,33-34H2,1-24H3,(H2,59,61,65)(H2,60,62,66)/t49-,50-,51+,52+,53+,54+/m0/s1. The van der Waals surface area contributed by atoms with Crippen LogP contribution in [0.15, 0.2) is 22.0 Å². The number of nitrogen functional groups attached to an aromatic ring is 2. The molecular weight excluding hydrogens is 1020 g/mol. The van der Waals surface area contributed by atoms with E-state index in [-0.39, 0.29) is 23.8 Å². The molecule has 14 nitrogen and oxygen atoms in total. The van der Waals surface area contributed by atoms with Crippen molar-refractivity contribution in [3.8, 4) is 23.7 Å². The second kappa shape index (κ2) is 26.6. The summed E-state index contributed by atoms with van der Waals surface area (Å²) >= 11 is 0. The fraction of sp³-hybridized carbons (Fsp3) is 0.793. The van der Waals surface area contributed by atoms with Crippen molar-refractivity contribution in [2.24, 2.45) is 0 Å². The summed E-state index contributed by atoms with van der Waals surface area (Å²) in [4.78, 5) is 35.9. The summed E-state index contributed by atoms with van der Waals surface area (Å²) < 4.78 is 45.9. The molecule has 76 heavy (non-hydrogen) atoms. The zero-order valence-corrected chi connectivity index (χ0v) is 55.6. The van der Waals surface area contributed by atoms with Gasteiger partial charge in [0.2, 0.25) is 16.6 Å². The molecule has 2 saturated heterocycles. The monoisotopic (exact) mass is 1120 g/mol. The molecule has 0 aliphatic carbocycles. The number of rotatable bonds is 24. The van der Waals surface area contributed by atoms with Crippen LogP contribution in [0.2, 0.25) is 66.5 Å². The molecule has 0 bridgehead atoms. The minimum absolute atomic E-state index is 0.0216. The Bertz CT molecular complexity index is 2230. The normalized spacial score (nSPS) is 21.1. The van der Waals surface area contributed by atoms with E-state index >= 15 is 0 Å². The lowest BCUT2D eigenvalue weighted by atomic mass is 10.2. The van der Waals surface area contributed by atoms with Gasteiger partial charge in [0.15, 0.2) is 16.6 Å². The quantitative estimate of drug-likeness (QED) is 0.0752. The van der Waals surface area contributed by atoms with Gasteiger partial charge in [-0.3, -0.25) is 9.13 Å². The van der Waals surface area contributed by atoms with Gasteiger partial charge in [0.25, 0.3) is 0 Å². The molecule has 2 aromatic heterocycles. The molecule has 0 spiro atoms. The summed E-state index contributed by atoms with van der Waals surface area (Å²) in [5.74, 6) is 11.8. The van der Waals surface area contributed by atoms with Crippen LogP contribution >= 0.6 is 0 Å². The van der Waals surface area contributed by atoms with E-state index in [4.69, 9.17) is 38.6 Å². The Morgan fingerprint density at radius 1 is 0.474 bits per heavy atom. The lowest BCUT2D eigenvalue weighted by molar-refractivity contribution is -0.0422. The van der Waals surface area contributed by atoms with E-state index in [1.54, 1.807) is 12.4 Å². The van der Waals surface area contributed by atoms with Gasteiger partial charge in [0.05, 0.1) is 36.5 Å². The minimum Gasteiger partial charge on any atom is -0.413 e. The van der Waals surface area contributed by atoms with Crippen LogP contribution in [0.4, 0.5) is 11.6 Å². The lowest BCUT2D eigenvalue weighted by Crippen LogP contribution is -2.53. The maximum Gasteiger partial charge on any atom is 0.351 e. The van der Waals surface area contributed by atoms with Gasteiger partial charge in [0, 0.05) is 25.2 Å². The van der Waals surface area contributed by atoms with Gasteiger partial charge >= 0.3 is 11.4 Å². The third kappa shape index (κ3) is 13.3. The second-order valence-electron chi connectivity index (χ2n) is 25.9. The second-order valence-corrected chi connectivity index (χ2v) is 47.6. The smallest absolute Gasteiger partial charge is 0.351 e. The molecule has 0 saturated carbocycles. The molecule has 18 heteroatoms. The number of nitrogens with zero attached hydrogens (tertiary/aromatic N) is 4. The average Bonchev–Trinajstić information content (AvgIpc) is 3.89. The molecule has 0 aromatic carbocycles. The van der Waals surface area contributed by atoms with Crippen molar-refractivity contribution in [2.75, 3.05) is 24.7 Å². The van der Waals surface area contributed by atoms with Gasteiger partial charge in [-0.25, -0.2) is 9.59 Å². The molecule has 0 unspecified atom stereocenters. The van der Waals surface area contributed by atoms with Crippen LogP contribution in [-0.2, 0) is 27.2 Å². The number of hydrogen-bond acceptors (Lipinski definition) is 12. The van der Waals surface area contributed by atoms with Gasteiger partial charge in [-0.05, 0) is 90.2 Å². The Labute approximate surface area is 464 Å². The van der Waals surface area contributed by atoms with Gasteiger partial charge in [-0.1, -0.05) is 166 Å². The molecule has 0 radical (unpaired) electrons. The third-order valence-electron chi connectivity index (χ3n) is 17.9. The molecule has 4 rings (SSSR count).